The third-order valence-corrected chi connectivity index (χ3v) is 2.96. The molecule has 78 valence electrons. The minimum atomic E-state index is -4.62. The van der Waals surface area contributed by atoms with Crippen LogP contribution in [-0.4, -0.2) is 18.7 Å². The Morgan fingerprint density at radius 2 is 1.57 bits per heavy atom. The minimum Gasteiger partial charge on any atom is -0.449 e. The van der Waals surface area contributed by atoms with Crippen LogP contribution in [0.4, 0.5) is 12.9 Å². The second-order valence-corrected chi connectivity index (χ2v) is 3.92. The molecule has 1 aliphatic rings. The van der Waals surface area contributed by atoms with Crippen LogP contribution in [0.25, 0.3) is 0 Å². The summed E-state index contributed by atoms with van der Waals surface area (Å²) in [6.45, 7) is -4.52. The van der Waals surface area contributed by atoms with Crippen LogP contribution in [0.15, 0.2) is 0 Å². The van der Waals surface area contributed by atoms with Crippen LogP contribution < -0.4 is 51.4 Å². The van der Waals surface area contributed by atoms with Gasteiger partial charge in [-0.2, -0.15) is 0 Å². The Balaban J connectivity index is 0.00000169. The van der Waals surface area contributed by atoms with Crippen LogP contribution in [-0.2, 0) is 0 Å². The van der Waals surface area contributed by atoms with E-state index in [1.807, 2.05) is 0 Å². The van der Waals surface area contributed by atoms with Crippen LogP contribution >= 0.6 is 0 Å². The number of hydrogen-bond donors (Lipinski definition) is 1. The molecular formula is C8H15BF3KO. The SMILES string of the molecule is OCCC1CCC([B-](F)(F)F)CC1.[K+]. The van der Waals surface area contributed by atoms with E-state index in [-0.39, 0.29) is 70.8 Å². The van der Waals surface area contributed by atoms with Gasteiger partial charge in [0.2, 0.25) is 0 Å². The molecule has 0 amide bonds. The van der Waals surface area contributed by atoms with Gasteiger partial charge in [-0.05, 0) is 12.3 Å². The predicted molar refractivity (Wildman–Crippen MR) is 46.5 cm³/mol. The van der Waals surface area contributed by atoms with Gasteiger partial charge in [0.05, 0.1) is 0 Å². The number of halogens is 3. The van der Waals surface area contributed by atoms with Crippen molar-refractivity contribution in [2.45, 2.75) is 37.9 Å². The van der Waals surface area contributed by atoms with E-state index in [9.17, 15) is 12.9 Å². The molecule has 1 fully saturated rings. The maximum atomic E-state index is 12.3. The second-order valence-electron chi connectivity index (χ2n) is 3.92. The van der Waals surface area contributed by atoms with Gasteiger partial charge in [0.1, 0.15) is 0 Å². The summed E-state index contributed by atoms with van der Waals surface area (Å²) in [6.07, 6.45) is 2.47. The van der Waals surface area contributed by atoms with Crippen LogP contribution in [0.3, 0.4) is 0 Å². The monoisotopic (exact) mass is 234 g/mol. The summed E-state index contributed by atoms with van der Waals surface area (Å²) < 4.78 is 36.8. The van der Waals surface area contributed by atoms with E-state index < -0.39 is 12.8 Å². The number of aliphatic hydroxyl groups excluding tert-OH is 1. The van der Waals surface area contributed by atoms with Gasteiger partial charge in [-0.3, -0.25) is 0 Å². The first-order valence-electron chi connectivity index (χ1n) is 4.85. The molecule has 0 radical (unpaired) electrons. The van der Waals surface area contributed by atoms with Gasteiger partial charge in [0, 0.05) is 6.61 Å². The van der Waals surface area contributed by atoms with Gasteiger partial charge in [-0.1, -0.05) is 31.5 Å². The summed E-state index contributed by atoms with van der Waals surface area (Å²) in [5.41, 5.74) is 0. The Morgan fingerprint density at radius 3 is 1.93 bits per heavy atom. The number of hydrogen-bond acceptors (Lipinski definition) is 1. The zero-order chi connectivity index (χ0) is 9.90. The van der Waals surface area contributed by atoms with Gasteiger partial charge in [-0.15, -0.1) is 0 Å². The van der Waals surface area contributed by atoms with Crippen molar-refractivity contribution >= 4 is 6.98 Å². The number of rotatable bonds is 3. The van der Waals surface area contributed by atoms with Crippen LogP contribution in [0.5, 0.6) is 0 Å². The minimum absolute atomic E-state index is 0. The van der Waals surface area contributed by atoms with E-state index in [0.717, 1.165) is 0 Å². The smallest absolute Gasteiger partial charge is 0.449 e. The summed E-state index contributed by atoms with van der Waals surface area (Å²) in [6, 6.07) is 0. The van der Waals surface area contributed by atoms with Crippen molar-refractivity contribution in [3.63, 3.8) is 0 Å². The summed E-state index contributed by atoms with van der Waals surface area (Å²) in [5, 5.41) is 8.63. The zero-order valence-corrected chi connectivity index (χ0v) is 11.7. The van der Waals surface area contributed by atoms with Gasteiger partial charge in [0.25, 0.3) is 0 Å². The molecule has 0 spiro atoms. The standard InChI is InChI=1S/C8H15BF3O.K/c10-9(11,12)8-3-1-7(2-4-8)5-6-13;/h7-8,13H,1-6H2;/q-1;+1. The molecule has 0 aromatic rings. The fraction of sp³-hybridized carbons (Fsp3) is 1.00. The summed E-state index contributed by atoms with van der Waals surface area (Å²) in [4.78, 5) is 0. The Bertz CT molecular complexity index is 157. The van der Waals surface area contributed by atoms with E-state index in [1.54, 1.807) is 0 Å². The van der Waals surface area contributed by atoms with Crippen molar-refractivity contribution in [2.24, 2.45) is 5.92 Å². The van der Waals surface area contributed by atoms with E-state index in [0.29, 0.717) is 25.2 Å². The first-order valence-corrected chi connectivity index (χ1v) is 4.85. The second kappa shape index (κ2) is 6.91. The molecule has 1 aliphatic carbocycles. The molecule has 0 atom stereocenters. The third-order valence-electron chi connectivity index (χ3n) is 2.96. The quantitative estimate of drug-likeness (QED) is 0.669. The molecule has 0 unspecified atom stereocenters. The Hall–Kier alpha value is 1.45. The average Bonchev–Trinajstić information content (AvgIpc) is 2.04. The molecule has 1 saturated carbocycles. The fourth-order valence-electron chi connectivity index (χ4n) is 2.04. The molecule has 0 bridgehead atoms. The Labute approximate surface area is 125 Å². The Morgan fingerprint density at radius 1 is 1.07 bits per heavy atom. The van der Waals surface area contributed by atoms with Crippen LogP contribution in [0, 0.1) is 5.92 Å². The summed E-state index contributed by atoms with van der Waals surface area (Å²) in [7, 11) is 0. The van der Waals surface area contributed by atoms with E-state index >= 15 is 0 Å². The van der Waals surface area contributed by atoms with Crippen LogP contribution in [0.1, 0.15) is 32.1 Å². The van der Waals surface area contributed by atoms with E-state index in [2.05, 4.69) is 0 Å². The largest absolute Gasteiger partial charge is 1.00 e. The predicted octanol–water partition coefficient (Wildman–Crippen LogP) is -0.219. The molecule has 0 heterocycles. The fourth-order valence-corrected chi connectivity index (χ4v) is 2.04. The molecule has 14 heavy (non-hydrogen) atoms. The molecule has 6 heteroatoms. The average molecular weight is 234 g/mol. The normalized spacial score (nSPS) is 28.3. The van der Waals surface area contributed by atoms with Gasteiger partial charge < -0.3 is 18.1 Å². The molecule has 0 aromatic carbocycles. The third kappa shape index (κ3) is 4.99. The van der Waals surface area contributed by atoms with Crippen molar-refractivity contribution in [1.29, 1.82) is 0 Å². The van der Waals surface area contributed by atoms with E-state index in [1.165, 1.54) is 0 Å². The first kappa shape index (κ1) is 15.5. The topological polar surface area (TPSA) is 20.2 Å². The molecule has 1 N–H and O–H groups in total. The van der Waals surface area contributed by atoms with Crippen molar-refractivity contribution < 1.29 is 69.4 Å². The van der Waals surface area contributed by atoms with Crippen molar-refractivity contribution in [2.75, 3.05) is 6.61 Å². The molecular weight excluding hydrogens is 219 g/mol. The van der Waals surface area contributed by atoms with Crippen molar-refractivity contribution in [3.05, 3.63) is 0 Å². The molecule has 1 rings (SSSR count). The van der Waals surface area contributed by atoms with Gasteiger partial charge in [-0.25, -0.2) is 0 Å². The van der Waals surface area contributed by atoms with Crippen LogP contribution in [0.2, 0.25) is 5.82 Å². The van der Waals surface area contributed by atoms with Crippen molar-refractivity contribution in [3.8, 4) is 0 Å². The maximum Gasteiger partial charge on any atom is 1.00 e. The summed E-state index contributed by atoms with van der Waals surface area (Å²) in [5.74, 6) is -0.714. The maximum absolute atomic E-state index is 12.3. The van der Waals surface area contributed by atoms with E-state index in [4.69, 9.17) is 5.11 Å². The summed E-state index contributed by atoms with van der Waals surface area (Å²) >= 11 is 0. The molecule has 1 nitrogen and oxygen atoms in total. The van der Waals surface area contributed by atoms with Crippen molar-refractivity contribution in [1.82, 2.24) is 0 Å². The number of aliphatic hydroxyl groups is 1. The van der Waals surface area contributed by atoms with Gasteiger partial charge >= 0.3 is 58.4 Å². The first-order chi connectivity index (χ1) is 6.04. The molecule has 0 saturated heterocycles. The zero-order valence-electron chi connectivity index (χ0n) is 8.56. The molecule has 0 aliphatic heterocycles. The van der Waals surface area contributed by atoms with Gasteiger partial charge in [0.15, 0.2) is 0 Å². The molecule has 0 aromatic heterocycles. The Kier molecular flexibility index (Phi) is 7.63.